The van der Waals surface area contributed by atoms with E-state index in [1.54, 1.807) is 21.9 Å². The summed E-state index contributed by atoms with van der Waals surface area (Å²) in [5.41, 5.74) is 3.08. The molecule has 3 atom stereocenters. The minimum Gasteiger partial charge on any atom is -0.378 e. The van der Waals surface area contributed by atoms with Crippen molar-refractivity contribution in [3.05, 3.63) is 65.2 Å². The minimum absolute atomic E-state index is 0.0155. The summed E-state index contributed by atoms with van der Waals surface area (Å²) in [6.07, 6.45) is 0.980. The third-order valence-corrected chi connectivity index (χ3v) is 7.92. The van der Waals surface area contributed by atoms with Gasteiger partial charge in [-0.05, 0) is 66.1 Å². The van der Waals surface area contributed by atoms with E-state index < -0.39 is 12.1 Å². The van der Waals surface area contributed by atoms with Crippen LogP contribution in [0.4, 0.5) is 5.69 Å². The number of hydrogen-bond acceptors (Lipinski definition) is 5. The van der Waals surface area contributed by atoms with Crippen LogP contribution in [0.2, 0.25) is 0 Å². The second kappa shape index (κ2) is 11.4. The zero-order valence-corrected chi connectivity index (χ0v) is 24.7. The molecule has 0 bridgehead atoms. The number of anilines is 1. The molecule has 4 rings (SSSR count). The van der Waals surface area contributed by atoms with Crippen molar-refractivity contribution in [2.75, 3.05) is 32.1 Å². The van der Waals surface area contributed by atoms with Crippen molar-refractivity contribution in [1.82, 2.24) is 15.1 Å². The molecule has 0 saturated carbocycles. The maximum Gasteiger partial charge on any atom is 0.254 e. The van der Waals surface area contributed by atoms with Crippen LogP contribution in [0.1, 0.15) is 73.7 Å². The molecule has 2 heterocycles. The first-order chi connectivity index (χ1) is 18.8. The molecule has 8 nitrogen and oxygen atoms in total. The van der Waals surface area contributed by atoms with Gasteiger partial charge in [-0.3, -0.25) is 19.2 Å². The average Bonchev–Trinajstić information content (AvgIpc) is 3.48. The number of carbonyl (C=O) groups excluding carboxylic acids is 4. The molecule has 1 N–H and O–H groups in total. The lowest BCUT2D eigenvalue weighted by molar-refractivity contribution is -0.138. The number of fused-ring (bicyclic) bond motifs is 1. The molecule has 214 valence electrons. The lowest BCUT2D eigenvalue weighted by Gasteiger charge is -2.29. The molecule has 0 spiro atoms. The van der Waals surface area contributed by atoms with Crippen molar-refractivity contribution in [3.63, 3.8) is 0 Å². The van der Waals surface area contributed by atoms with Gasteiger partial charge in [-0.15, -0.1) is 0 Å². The highest BCUT2D eigenvalue weighted by Gasteiger charge is 2.52. The lowest BCUT2D eigenvalue weighted by Crippen LogP contribution is -2.53. The van der Waals surface area contributed by atoms with Crippen molar-refractivity contribution in [2.45, 2.75) is 71.0 Å². The van der Waals surface area contributed by atoms with Crippen LogP contribution in [-0.2, 0) is 15.0 Å². The van der Waals surface area contributed by atoms with E-state index in [-0.39, 0.29) is 47.4 Å². The molecule has 0 unspecified atom stereocenters. The highest BCUT2D eigenvalue weighted by atomic mass is 16.2. The van der Waals surface area contributed by atoms with Crippen LogP contribution in [0.3, 0.4) is 0 Å². The van der Waals surface area contributed by atoms with Gasteiger partial charge in [0, 0.05) is 37.5 Å². The predicted octanol–water partition coefficient (Wildman–Crippen LogP) is 3.89. The Morgan fingerprint density at radius 3 is 2.10 bits per heavy atom. The van der Waals surface area contributed by atoms with Crippen molar-refractivity contribution < 1.29 is 19.2 Å². The molecule has 2 saturated heterocycles. The van der Waals surface area contributed by atoms with Crippen LogP contribution in [0, 0.1) is 5.92 Å². The van der Waals surface area contributed by atoms with Gasteiger partial charge in [0.1, 0.15) is 12.1 Å². The molecule has 0 aliphatic carbocycles. The Balaban J connectivity index is 1.49. The van der Waals surface area contributed by atoms with Crippen LogP contribution < -0.4 is 10.2 Å². The third-order valence-electron chi connectivity index (χ3n) is 7.92. The number of likely N-dealkylation sites (tertiary alicyclic amines) is 2. The van der Waals surface area contributed by atoms with Gasteiger partial charge in [0.25, 0.3) is 11.8 Å². The van der Waals surface area contributed by atoms with E-state index in [1.807, 2.05) is 69.2 Å². The summed E-state index contributed by atoms with van der Waals surface area (Å²) >= 11 is 0. The molecule has 2 aromatic carbocycles. The zero-order chi connectivity index (χ0) is 29.4. The number of nitrogens with one attached hydrogen (secondary N) is 1. The summed E-state index contributed by atoms with van der Waals surface area (Å²) in [5, 5.41) is 2.93. The Morgan fingerprint density at radius 1 is 0.950 bits per heavy atom. The molecule has 2 aliphatic rings. The Kier molecular flexibility index (Phi) is 8.38. The van der Waals surface area contributed by atoms with Gasteiger partial charge < -0.3 is 20.0 Å². The summed E-state index contributed by atoms with van der Waals surface area (Å²) in [4.78, 5) is 58.7. The van der Waals surface area contributed by atoms with Crippen molar-refractivity contribution >= 4 is 29.2 Å². The number of hydrogen-bond donors (Lipinski definition) is 1. The number of ketones is 1. The summed E-state index contributed by atoms with van der Waals surface area (Å²) in [5.74, 6) is -0.768. The third kappa shape index (κ3) is 6.06. The van der Waals surface area contributed by atoms with Crippen LogP contribution in [0.25, 0.3) is 0 Å². The first kappa shape index (κ1) is 29.3. The quantitative estimate of drug-likeness (QED) is 0.569. The summed E-state index contributed by atoms with van der Waals surface area (Å²) in [6, 6.07) is 12.9. The van der Waals surface area contributed by atoms with Crippen LogP contribution in [0.5, 0.6) is 0 Å². The molecule has 8 heteroatoms. The molecule has 2 aromatic rings. The molecule has 2 fully saturated rings. The molecule has 0 aromatic heterocycles. The van der Waals surface area contributed by atoms with Crippen molar-refractivity contribution in [1.29, 1.82) is 0 Å². The standard InChI is InChI=1S/C32H42N4O4/c1-20(2)18-25(33-29(38)21-10-14-24(15-11-21)34(6)7)31(40)35-17-16-26-28(35)27(37)19-36(26)30(39)22-8-12-23(13-9-22)32(3,4)5/h8-15,20,25-26,28H,16-19H2,1-7H3,(H,33,38)/t25-,26+,28-/m0/s1. The minimum atomic E-state index is -0.762. The second-order valence-electron chi connectivity index (χ2n) is 12.7. The lowest BCUT2D eigenvalue weighted by atomic mass is 9.86. The summed E-state index contributed by atoms with van der Waals surface area (Å²) < 4.78 is 0. The van der Waals surface area contributed by atoms with Gasteiger partial charge in [-0.1, -0.05) is 46.8 Å². The fourth-order valence-corrected chi connectivity index (χ4v) is 5.66. The number of benzene rings is 2. The smallest absolute Gasteiger partial charge is 0.254 e. The molecule has 40 heavy (non-hydrogen) atoms. The SMILES string of the molecule is CC(C)C[C@H](NC(=O)c1ccc(N(C)C)cc1)C(=O)N1CC[C@@H]2[C@H]1C(=O)CN2C(=O)c1ccc(C(C)(C)C)cc1. The first-order valence-electron chi connectivity index (χ1n) is 14.1. The Bertz CT molecular complexity index is 1260. The molecular formula is C32H42N4O4. The van der Waals surface area contributed by atoms with Gasteiger partial charge in [-0.2, -0.15) is 0 Å². The molecule has 0 radical (unpaired) electrons. The van der Waals surface area contributed by atoms with E-state index in [0.29, 0.717) is 30.5 Å². The van der Waals surface area contributed by atoms with Gasteiger partial charge >= 0.3 is 0 Å². The fraction of sp³-hybridized carbons (Fsp3) is 0.500. The number of Topliss-reactive ketones (excluding diaryl/α,β-unsaturated/α-hetero) is 1. The topological polar surface area (TPSA) is 90.0 Å². The maximum atomic E-state index is 13.8. The first-order valence-corrected chi connectivity index (χ1v) is 14.1. The number of amides is 3. The fourth-order valence-electron chi connectivity index (χ4n) is 5.66. The second-order valence-corrected chi connectivity index (χ2v) is 12.7. The average molecular weight is 547 g/mol. The van der Waals surface area contributed by atoms with E-state index >= 15 is 0 Å². The van der Waals surface area contributed by atoms with Gasteiger partial charge in [0.2, 0.25) is 5.91 Å². The van der Waals surface area contributed by atoms with Gasteiger partial charge in [0.15, 0.2) is 5.78 Å². The highest BCUT2D eigenvalue weighted by Crippen LogP contribution is 2.32. The van der Waals surface area contributed by atoms with Gasteiger partial charge in [-0.25, -0.2) is 0 Å². The molecule has 3 amide bonds. The van der Waals surface area contributed by atoms with E-state index in [0.717, 1.165) is 11.3 Å². The van der Waals surface area contributed by atoms with Gasteiger partial charge in [0.05, 0.1) is 12.6 Å². The van der Waals surface area contributed by atoms with Crippen LogP contribution in [0.15, 0.2) is 48.5 Å². The van der Waals surface area contributed by atoms with Crippen molar-refractivity contribution in [2.24, 2.45) is 5.92 Å². The Labute approximate surface area is 237 Å². The number of rotatable bonds is 7. The number of carbonyl (C=O) groups is 4. The Morgan fingerprint density at radius 2 is 1.55 bits per heavy atom. The largest absolute Gasteiger partial charge is 0.378 e. The number of nitrogens with zero attached hydrogens (tertiary/aromatic N) is 3. The normalized spacial score (nSPS) is 19.6. The Hall–Kier alpha value is -3.68. The van der Waals surface area contributed by atoms with Crippen molar-refractivity contribution in [3.8, 4) is 0 Å². The zero-order valence-electron chi connectivity index (χ0n) is 24.7. The predicted molar refractivity (Wildman–Crippen MR) is 157 cm³/mol. The molecular weight excluding hydrogens is 504 g/mol. The monoisotopic (exact) mass is 546 g/mol. The highest BCUT2D eigenvalue weighted by molar-refractivity contribution is 6.03. The summed E-state index contributed by atoms with van der Waals surface area (Å²) in [6.45, 7) is 10.7. The van der Waals surface area contributed by atoms with E-state index in [2.05, 4.69) is 26.1 Å². The van der Waals surface area contributed by atoms with E-state index in [9.17, 15) is 19.2 Å². The van der Waals surface area contributed by atoms with Crippen LogP contribution >= 0.6 is 0 Å². The summed E-state index contributed by atoms with van der Waals surface area (Å²) in [7, 11) is 3.86. The van der Waals surface area contributed by atoms with E-state index in [1.165, 1.54) is 0 Å². The molecule has 2 aliphatic heterocycles. The maximum absolute atomic E-state index is 13.8. The van der Waals surface area contributed by atoms with Crippen LogP contribution in [-0.4, -0.2) is 78.6 Å². The van der Waals surface area contributed by atoms with E-state index in [4.69, 9.17) is 0 Å².